The van der Waals surface area contributed by atoms with Crippen molar-refractivity contribution in [2.24, 2.45) is 5.73 Å². The number of carboxylic acid groups (broad SMARTS) is 1. The predicted octanol–water partition coefficient (Wildman–Crippen LogP) is 2.60. The number of thioether (sulfide) groups is 1. The van der Waals surface area contributed by atoms with Crippen LogP contribution in [-0.4, -0.2) is 22.1 Å². The first kappa shape index (κ1) is 13.4. The summed E-state index contributed by atoms with van der Waals surface area (Å²) in [6.45, 7) is 0. The van der Waals surface area contributed by atoms with E-state index >= 15 is 0 Å². The molecule has 0 bridgehead atoms. The van der Waals surface area contributed by atoms with Crippen molar-refractivity contribution < 1.29 is 9.90 Å². The fourth-order valence-corrected chi connectivity index (χ4v) is 3.76. The third-order valence-electron chi connectivity index (χ3n) is 3.52. The van der Waals surface area contributed by atoms with Crippen LogP contribution in [0, 0.1) is 0 Å². The van der Waals surface area contributed by atoms with E-state index in [1.54, 1.807) is 23.9 Å². The highest BCUT2D eigenvalue weighted by Gasteiger charge is 2.36. The summed E-state index contributed by atoms with van der Waals surface area (Å²) in [5.41, 5.74) is 5.53. The van der Waals surface area contributed by atoms with Crippen LogP contribution in [-0.2, 0) is 10.3 Å². The van der Waals surface area contributed by atoms with Gasteiger partial charge in [0.05, 0.1) is 0 Å². The smallest absolute Gasteiger partial charge is 0.329 e. The van der Waals surface area contributed by atoms with Crippen molar-refractivity contribution in [1.82, 2.24) is 0 Å². The Morgan fingerprint density at radius 1 is 1.33 bits per heavy atom. The van der Waals surface area contributed by atoms with Crippen LogP contribution >= 0.6 is 11.8 Å². The minimum atomic E-state index is -1.27. The summed E-state index contributed by atoms with van der Waals surface area (Å²) in [6.07, 6.45) is 4.89. The highest BCUT2D eigenvalue weighted by Crippen LogP contribution is 2.33. The van der Waals surface area contributed by atoms with Crippen LogP contribution < -0.4 is 5.73 Å². The summed E-state index contributed by atoms with van der Waals surface area (Å²) in [4.78, 5) is 11.5. The van der Waals surface area contributed by atoms with Crippen molar-refractivity contribution in [3.63, 3.8) is 0 Å². The minimum Gasteiger partial charge on any atom is -0.480 e. The maximum atomic E-state index is 11.5. The van der Waals surface area contributed by atoms with E-state index in [0.29, 0.717) is 16.6 Å². The Morgan fingerprint density at radius 2 is 1.94 bits per heavy atom. The first-order valence-electron chi connectivity index (χ1n) is 6.32. The molecule has 18 heavy (non-hydrogen) atoms. The van der Waals surface area contributed by atoms with Gasteiger partial charge in [-0.15, -0.1) is 0 Å². The average molecular weight is 265 g/mol. The molecule has 1 atom stereocenters. The second-order valence-electron chi connectivity index (χ2n) is 4.86. The number of nitrogens with two attached hydrogens (primary N) is 1. The summed E-state index contributed by atoms with van der Waals surface area (Å²) in [6, 6.07) is 9.13. The van der Waals surface area contributed by atoms with Gasteiger partial charge >= 0.3 is 5.97 Å². The van der Waals surface area contributed by atoms with Crippen LogP contribution in [0.15, 0.2) is 30.3 Å². The van der Waals surface area contributed by atoms with Gasteiger partial charge in [0.1, 0.15) is 5.54 Å². The minimum absolute atomic E-state index is 0.441. The van der Waals surface area contributed by atoms with Gasteiger partial charge in [0, 0.05) is 11.0 Å². The number of hydrogen-bond donors (Lipinski definition) is 2. The van der Waals surface area contributed by atoms with Gasteiger partial charge in [-0.2, -0.15) is 11.8 Å². The van der Waals surface area contributed by atoms with E-state index in [2.05, 4.69) is 0 Å². The molecule has 2 rings (SSSR count). The number of carbonyl (C=O) groups is 1. The Labute approximate surface area is 112 Å². The molecule has 0 heterocycles. The molecule has 1 aromatic rings. The maximum absolute atomic E-state index is 11.5. The van der Waals surface area contributed by atoms with Crippen LogP contribution in [0.3, 0.4) is 0 Å². The molecule has 1 aliphatic carbocycles. The molecular formula is C14H19NO2S. The van der Waals surface area contributed by atoms with Crippen molar-refractivity contribution in [3.05, 3.63) is 35.9 Å². The maximum Gasteiger partial charge on any atom is 0.329 e. The van der Waals surface area contributed by atoms with E-state index in [4.69, 9.17) is 5.73 Å². The number of aliphatic carboxylic acids is 1. The van der Waals surface area contributed by atoms with E-state index < -0.39 is 11.5 Å². The van der Waals surface area contributed by atoms with Crippen molar-refractivity contribution in [2.75, 3.05) is 5.75 Å². The number of rotatable bonds is 5. The fourth-order valence-electron chi connectivity index (χ4n) is 2.31. The highest BCUT2D eigenvalue weighted by atomic mass is 32.2. The second-order valence-corrected chi connectivity index (χ2v) is 6.15. The Bertz CT molecular complexity index is 404. The molecule has 0 spiro atoms. The van der Waals surface area contributed by atoms with Gasteiger partial charge in [0.25, 0.3) is 0 Å². The zero-order valence-corrected chi connectivity index (χ0v) is 11.2. The molecule has 1 saturated carbocycles. The summed E-state index contributed by atoms with van der Waals surface area (Å²) in [5.74, 6) is -0.504. The molecule has 1 aromatic carbocycles. The van der Waals surface area contributed by atoms with Crippen LogP contribution in [0.1, 0.15) is 31.2 Å². The van der Waals surface area contributed by atoms with Gasteiger partial charge in [-0.05, 0) is 18.4 Å². The largest absolute Gasteiger partial charge is 0.480 e. The molecule has 0 aliphatic heterocycles. The molecule has 0 radical (unpaired) electrons. The molecule has 4 heteroatoms. The van der Waals surface area contributed by atoms with Crippen LogP contribution in [0.4, 0.5) is 0 Å². The summed E-state index contributed by atoms with van der Waals surface area (Å²) >= 11 is 1.71. The Hall–Kier alpha value is -1.00. The van der Waals surface area contributed by atoms with Crippen molar-refractivity contribution in [1.29, 1.82) is 0 Å². The van der Waals surface area contributed by atoms with Crippen LogP contribution in [0.2, 0.25) is 0 Å². The third-order valence-corrected chi connectivity index (χ3v) is 5.08. The lowest BCUT2D eigenvalue weighted by Gasteiger charge is -2.26. The number of carboxylic acids is 1. The van der Waals surface area contributed by atoms with Gasteiger partial charge in [-0.25, -0.2) is 4.79 Å². The molecule has 1 unspecified atom stereocenters. The zero-order chi connectivity index (χ0) is 13.0. The van der Waals surface area contributed by atoms with E-state index in [9.17, 15) is 9.90 Å². The van der Waals surface area contributed by atoms with E-state index in [0.717, 1.165) is 0 Å². The monoisotopic (exact) mass is 265 g/mol. The molecule has 0 aromatic heterocycles. The fraction of sp³-hybridized carbons (Fsp3) is 0.500. The number of hydrogen-bond acceptors (Lipinski definition) is 3. The SMILES string of the molecule is NC(CSC1CCCC1)(C(=O)O)c1ccccc1. The quantitative estimate of drug-likeness (QED) is 0.859. The molecule has 98 valence electrons. The molecule has 3 N–H and O–H groups in total. The van der Waals surface area contributed by atoms with Crippen molar-refractivity contribution in [2.45, 2.75) is 36.5 Å². The summed E-state index contributed by atoms with van der Waals surface area (Å²) in [7, 11) is 0. The molecule has 3 nitrogen and oxygen atoms in total. The standard InChI is InChI=1S/C14H19NO2S/c15-14(13(16)17,11-6-2-1-3-7-11)10-18-12-8-4-5-9-12/h1-3,6-7,12H,4-5,8-10,15H2,(H,16,17). The van der Waals surface area contributed by atoms with Gasteiger partial charge in [-0.1, -0.05) is 43.2 Å². The second kappa shape index (κ2) is 5.76. The molecule has 1 aliphatic rings. The number of benzene rings is 1. The topological polar surface area (TPSA) is 63.3 Å². The lowest BCUT2D eigenvalue weighted by Crippen LogP contribution is -2.47. The Balaban J connectivity index is 2.09. The normalized spacial score (nSPS) is 19.6. The van der Waals surface area contributed by atoms with Gasteiger partial charge < -0.3 is 10.8 Å². The summed E-state index contributed by atoms with van der Waals surface area (Å²) in [5, 5.41) is 10.0. The average Bonchev–Trinajstić information content (AvgIpc) is 2.90. The first-order chi connectivity index (χ1) is 8.63. The molecule has 0 saturated heterocycles. The van der Waals surface area contributed by atoms with E-state index in [1.807, 2.05) is 18.2 Å². The molecular weight excluding hydrogens is 246 g/mol. The van der Waals surface area contributed by atoms with Gasteiger partial charge in [0.15, 0.2) is 0 Å². The van der Waals surface area contributed by atoms with Crippen molar-refractivity contribution >= 4 is 17.7 Å². The lowest BCUT2D eigenvalue weighted by atomic mass is 9.93. The van der Waals surface area contributed by atoms with Crippen molar-refractivity contribution in [3.8, 4) is 0 Å². The first-order valence-corrected chi connectivity index (χ1v) is 7.37. The summed E-state index contributed by atoms with van der Waals surface area (Å²) < 4.78 is 0. The van der Waals surface area contributed by atoms with Crippen LogP contribution in [0.5, 0.6) is 0 Å². The van der Waals surface area contributed by atoms with Gasteiger partial charge in [-0.3, -0.25) is 0 Å². The van der Waals surface area contributed by atoms with Crippen LogP contribution in [0.25, 0.3) is 0 Å². The predicted molar refractivity (Wildman–Crippen MR) is 74.7 cm³/mol. The zero-order valence-electron chi connectivity index (χ0n) is 10.3. The molecule has 0 amide bonds. The van der Waals surface area contributed by atoms with Gasteiger partial charge in [0.2, 0.25) is 0 Å². The van der Waals surface area contributed by atoms with E-state index in [-0.39, 0.29) is 0 Å². The molecule has 1 fully saturated rings. The third kappa shape index (κ3) is 2.87. The van der Waals surface area contributed by atoms with E-state index in [1.165, 1.54) is 25.7 Å². The Kier molecular flexibility index (Phi) is 4.30. The lowest BCUT2D eigenvalue weighted by molar-refractivity contribution is -0.142. The highest BCUT2D eigenvalue weighted by molar-refractivity contribution is 8.00. The Morgan fingerprint density at radius 3 is 2.50 bits per heavy atom.